The van der Waals surface area contributed by atoms with Gasteiger partial charge in [-0.15, -0.1) is 0 Å². The van der Waals surface area contributed by atoms with Crippen LogP contribution in [0.1, 0.15) is 18.1 Å². The zero-order valence-electron chi connectivity index (χ0n) is 13.1. The Labute approximate surface area is 131 Å². The largest absolute Gasteiger partial charge is 0.383 e. The number of guanidine groups is 1. The number of nitrogens with zero attached hydrogens (tertiary/aromatic N) is 3. The van der Waals surface area contributed by atoms with Crippen LogP contribution in [-0.4, -0.2) is 35.5 Å². The van der Waals surface area contributed by atoms with E-state index in [1.807, 2.05) is 36.0 Å². The maximum atomic E-state index is 5.90. The van der Waals surface area contributed by atoms with Gasteiger partial charge in [0.2, 0.25) is 0 Å². The number of hydrogen-bond acceptors (Lipinski definition) is 3. The Morgan fingerprint density at radius 3 is 2.82 bits per heavy atom. The highest BCUT2D eigenvalue weighted by Crippen LogP contribution is 2.11. The van der Waals surface area contributed by atoms with Crippen LogP contribution in [0, 0.1) is 0 Å². The van der Waals surface area contributed by atoms with Crippen molar-refractivity contribution in [3.05, 3.63) is 53.9 Å². The van der Waals surface area contributed by atoms with Gasteiger partial charge in [-0.25, -0.2) is 4.99 Å². The van der Waals surface area contributed by atoms with E-state index in [0.29, 0.717) is 19.1 Å². The van der Waals surface area contributed by atoms with Gasteiger partial charge in [0.1, 0.15) is 0 Å². The van der Waals surface area contributed by atoms with Crippen molar-refractivity contribution < 1.29 is 4.74 Å². The smallest absolute Gasteiger partial charge is 0.189 e. The second-order valence-electron chi connectivity index (χ2n) is 5.17. The highest BCUT2D eigenvalue weighted by molar-refractivity contribution is 5.78. The van der Waals surface area contributed by atoms with Crippen molar-refractivity contribution >= 4 is 5.96 Å². The van der Waals surface area contributed by atoms with Crippen molar-refractivity contribution in [2.75, 3.05) is 13.7 Å². The molecule has 0 spiro atoms. The van der Waals surface area contributed by atoms with E-state index in [4.69, 9.17) is 10.5 Å². The molecule has 0 saturated heterocycles. The molecule has 6 heteroatoms. The first-order chi connectivity index (χ1) is 10.7. The molecule has 0 aliphatic heterocycles. The van der Waals surface area contributed by atoms with Crippen LogP contribution in [0.2, 0.25) is 0 Å². The fourth-order valence-corrected chi connectivity index (χ4v) is 2.19. The number of methoxy groups -OCH3 is 1. The molecule has 1 unspecified atom stereocenters. The minimum atomic E-state index is 0.132. The number of ether oxygens (including phenoxy) is 1. The quantitative estimate of drug-likeness (QED) is 0.598. The standard InChI is InChI=1S/C16H23N5O/c1-13(12-22-2)20-16(17)18-10-14-6-3-4-7-15(14)11-21-9-5-8-19-21/h3-9,13H,10-12H2,1-2H3,(H3,17,18,20). The Morgan fingerprint density at radius 1 is 1.36 bits per heavy atom. The van der Waals surface area contributed by atoms with E-state index in [0.717, 1.165) is 12.1 Å². The van der Waals surface area contributed by atoms with Gasteiger partial charge in [0.05, 0.1) is 19.7 Å². The van der Waals surface area contributed by atoms with Crippen molar-refractivity contribution in [2.45, 2.75) is 26.1 Å². The summed E-state index contributed by atoms with van der Waals surface area (Å²) in [4.78, 5) is 4.40. The Morgan fingerprint density at radius 2 is 2.14 bits per heavy atom. The third-order valence-electron chi connectivity index (χ3n) is 3.24. The molecule has 1 heterocycles. The van der Waals surface area contributed by atoms with E-state index in [9.17, 15) is 0 Å². The highest BCUT2D eigenvalue weighted by Gasteiger charge is 2.04. The third kappa shape index (κ3) is 4.89. The molecule has 118 valence electrons. The SMILES string of the molecule is COCC(C)NC(N)=NCc1ccccc1Cn1cccn1. The lowest BCUT2D eigenvalue weighted by Crippen LogP contribution is -2.40. The number of aliphatic imine (C=N–C) groups is 1. The second kappa shape index (κ2) is 8.19. The van der Waals surface area contributed by atoms with Gasteiger partial charge < -0.3 is 15.8 Å². The van der Waals surface area contributed by atoms with E-state index in [1.165, 1.54) is 5.56 Å². The van der Waals surface area contributed by atoms with Gasteiger partial charge in [-0.2, -0.15) is 5.10 Å². The summed E-state index contributed by atoms with van der Waals surface area (Å²) in [7, 11) is 1.66. The van der Waals surface area contributed by atoms with Crippen LogP contribution < -0.4 is 11.1 Å². The highest BCUT2D eigenvalue weighted by atomic mass is 16.5. The molecule has 0 radical (unpaired) electrons. The molecule has 1 aromatic carbocycles. The van der Waals surface area contributed by atoms with E-state index >= 15 is 0 Å². The number of benzene rings is 1. The van der Waals surface area contributed by atoms with Crippen molar-refractivity contribution in [2.24, 2.45) is 10.7 Å². The summed E-state index contributed by atoms with van der Waals surface area (Å²) >= 11 is 0. The number of nitrogens with one attached hydrogen (secondary N) is 1. The van der Waals surface area contributed by atoms with Gasteiger partial charge in [0.25, 0.3) is 0 Å². The van der Waals surface area contributed by atoms with Gasteiger partial charge in [-0.05, 0) is 24.1 Å². The molecule has 3 N–H and O–H groups in total. The lowest BCUT2D eigenvalue weighted by Gasteiger charge is -2.13. The predicted octanol–water partition coefficient (Wildman–Crippen LogP) is 1.37. The van der Waals surface area contributed by atoms with Crippen molar-refractivity contribution in [3.63, 3.8) is 0 Å². The summed E-state index contributed by atoms with van der Waals surface area (Å²) in [5, 5.41) is 7.34. The minimum absolute atomic E-state index is 0.132. The Bertz CT molecular complexity index is 594. The van der Waals surface area contributed by atoms with Gasteiger partial charge >= 0.3 is 0 Å². The predicted molar refractivity (Wildman–Crippen MR) is 87.6 cm³/mol. The van der Waals surface area contributed by atoms with E-state index in [1.54, 1.807) is 13.3 Å². The lowest BCUT2D eigenvalue weighted by molar-refractivity contribution is 0.179. The molecule has 0 bridgehead atoms. The minimum Gasteiger partial charge on any atom is -0.383 e. The molecule has 0 amide bonds. The maximum absolute atomic E-state index is 5.90. The van der Waals surface area contributed by atoms with Gasteiger partial charge in [-0.1, -0.05) is 24.3 Å². The van der Waals surface area contributed by atoms with E-state index < -0.39 is 0 Å². The molecule has 0 aliphatic carbocycles. The first-order valence-electron chi connectivity index (χ1n) is 7.28. The van der Waals surface area contributed by atoms with Crippen LogP contribution in [0.25, 0.3) is 0 Å². The lowest BCUT2D eigenvalue weighted by atomic mass is 10.1. The molecule has 1 aromatic heterocycles. The first kappa shape index (κ1) is 16.0. The van der Waals surface area contributed by atoms with Crippen LogP contribution in [0.4, 0.5) is 0 Å². The van der Waals surface area contributed by atoms with Crippen molar-refractivity contribution in [1.82, 2.24) is 15.1 Å². The van der Waals surface area contributed by atoms with Gasteiger partial charge in [-0.3, -0.25) is 4.68 Å². The number of aromatic nitrogens is 2. The second-order valence-corrected chi connectivity index (χ2v) is 5.17. The summed E-state index contributed by atoms with van der Waals surface area (Å²) in [5.74, 6) is 0.429. The molecule has 2 rings (SSSR count). The van der Waals surface area contributed by atoms with Crippen molar-refractivity contribution in [1.29, 1.82) is 0 Å². The summed E-state index contributed by atoms with van der Waals surface area (Å²) < 4.78 is 6.96. The summed E-state index contributed by atoms with van der Waals surface area (Å²) in [6, 6.07) is 10.2. The fraction of sp³-hybridized carbons (Fsp3) is 0.375. The topological polar surface area (TPSA) is 77.5 Å². The molecule has 22 heavy (non-hydrogen) atoms. The van der Waals surface area contributed by atoms with Crippen molar-refractivity contribution in [3.8, 4) is 0 Å². The first-order valence-corrected chi connectivity index (χ1v) is 7.28. The molecule has 0 saturated carbocycles. The molecule has 1 atom stereocenters. The average Bonchev–Trinajstić information content (AvgIpc) is 2.99. The number of rotatable bonds is 7. The van der Waals surface area contributed by atoms with E-state index in [2.05, 4.69) is 27.5 Å². The molecular weight excluding hydrogens is 278 g/mol. The molecule has 2 aromatic rings. The third-order valence-corrected chi connectivity index (χ3v) is 3.24. The molecule has 0 fully saturated rings. The monoisotopic (exact) mass is 301 g/mol. The number of hydrogen-bond donors (Lipinski definition) is 2. The van der Waals surface area contributed by atoms with Gasteiger partial charge in [0, 0.05) is 25.5 Å². The summed E-state index contributed by atoms with van der Waals surface area (Å²) in [6.45, 7) is 3.85. The normalized spacial score (nSPS) is 13.1. The van der Waals surface area contributed by atoms with Crippen LogP contribution in [0.3, 0.4) is 0 Å². The average molecular weight is 301 g/mol. The fourth-order valence-electron chi connectivity index (χ4n) is 2.19. The van der Waals surface area contributed by atoms with Gasteiger partial charge in [0.15, 0.2) is 5.96 Å². The zero-order chi connectivity index (χ0) is 15.8. The Kier molecular flexibility index (Phi) is 5.97. The molecule has 0 aliphatic rings. The molecular formula is C16H23N5O. The zero-order valence-corrected chi connectivity index (χ0v) is 13.1. The van der Waals surface area contributed by atoms with Crippen LogP contribution in [-0.2, 0) is 17.8 Å². The Balaban J connectivity index is 2.00. The summed E-state index contributed by atoms with van der Waals surface area (Å²) in [5.41, 5.74) is 8.23. The summed E-state index contributed by atoms with van der Waals surface area (Å²) in [6.07, 6.45) is 3.72. The molecule has 6 nitrogen and oxygen atoms in total. The van der Waals surface area contributed by atoms with Crippen LogP contribution in [0.15, 0.2) is 47.7 Å². The number of nitrogens with two attached hydrogens (primary N) is 1. The van der Waals surface area contributed by atoms with E-state index in [-0.39, 0.29) is 6.04 Å². The maximum Gasteiger partial charge on any atom is 0.189 e. The van der Waals surface area contributed by atoms with Crippen LogP contribution in [0.5, 0.6) is 0 Å². The Hall–Kier alpha value is -2.34. The van der Waals surface area contributed by atoms with Crippen LogP contribution >= 0.6 is 0 Å².